The van der Waals surface area contributed by atoms with Gasteiger partial charge >= 0.3 is 12.1 Å². The van der Waals surface area contributed by atoms with Crippen molar-refractivity contribution in [3.8, 4) is 0 Å². The van der Waals surface area contributed by atoms with Crippen LogP contribution in [0.5, 0.6) is 0 Å². The topological polar surface area (TPSA) is 105 Å². The number of amides is 1. The molecule has 2 unspecified atom stereocenters. The van der Waals surface area contributed by atoms with Crippen molar-refractivity contribution in [3.63, 3.8) is 0 Å². The largest absolute Gasteiger partial charge is 0.550 e. The van der Waals surface area contributed by atoms with E-state index in [0.29, 0.717) is 0 Å². The average Bonchev–Trinajstić information content (AvgIpc) is 2.87. The fourth-order valence-electron chi connectivity index (χ4n) is 4.04. The Balaban J connectivity index is 2.53. The second kappa shape index (κ2) is 20.6. The summed E-state index contributed by atoms with van der Waals surface area (Å²) in [7, 11) is 0. The van der Waals surface area contributed by atoms with E-state index in [1.54, 1.807) is 0 Å². The Kier molecular flexibility index (Phi) is 18.0. The molecule has 204 valence electrons. The molecule has 0 saturated heterocycles. The number of hydrogen-bond donors (Lipinski definition) is 1. The van der Waals surface area contributed by atoms with E-state index >= 15 is 0 Å². The van der Waals surface area contributed by atoms with Gasteiger partial charge in [0.2, 0.25) is 0 Å². The molecule has 0 aromatic heterocycles. The standard InChI is InChI=1S/C29H47NO6/c1-3-5-7-8-9-10-11-12-16-20-25(19-6-4-2)36-28(33)26(21-22-27(31)32)30-29(34)35-23-24-17-14-13-15-18-24/h13-15,17-18,25-26H,3-12,16,19-23H2,1-2H3,(H,30,34)(H,31,32)/p-1. The number of carboxylic acids is 1. The van der Waals surface area contributed by atoms with E-state index in [1.807, 2.05) is 30.3 Å². The van der Waals surface area contributed by atoms with Crippen LogP contribution in [0.2, 0.25) is 0 Å². The van der Waals surface area contributed by atoms with E-state index < -0.39 is 24.1 Å². The number of alkyl carbamates (subject to hydrolysis) is 1. The maximum Gasteiger partial charge on any atom is 0.408 e. The molecule has 0 radical (unpaired) electrons. The summed E-state index contributed by atoms with van der Waals surface area (Å²) in [4.78, 5) is 36.2. The van der Waals surface area contributed by atoms with Gasteiger partial charge in [0.1, 0.15) is 18.8 Å². The number of hydrogen-bond acceptors (Lipinski definition) is 6. The summed E-state index contributed by atoms with van der Waals surface area (Å²) < 4.78 is 11.0. The predicted octanol–water partition coefficient (Wildman–Crippen LogP) is 5.83. The fraction of sp³-hybridized carbons (Fsp3) is 0.690. The lowest BCUT2D eigenvalue weighted by molar-refractivity contribution is -0.305. The molecule has 36 heavy (non-hydrogen) atoms. The highest BCUT2D eigenvalue weighted by Gasteiger charge is 2.25. The monoisotopic (exact) mass is 504 g/mol. The summed E-state index contributed by atoms with van der Waals surface area (Å²) in [6.07, 6.45) is 12.9. The van der Waals surface area contributed by atoms with E-state index in [4.69, 9.17) is 9.47 Å². The van der Waals surface area contributed by atoms with Gasteiger partial charge in [-0.05, 0) is 37.7 Å². The van der Waals surface area contributed by atoms with Gasteiger partial charge in [-0.25, -0.2) is 9.59 Å². The first-order valence-corrected chi connectivity index (χ1v) is 13.8. The van der Waals surface area contributed by atoms with Crippen LogP contribution < -0.4 is 10.4 Å². The van der Waals surface area contributed by atoms with Crippen LogP contribution >= 0.6 is 0 Å². The molecule has 1 aromatic carbocycles. The van der Waals surface area contributed by atoms with E-state index in [2.05, 4.69) is 19.2 Å². The lowest BCUT2D eigenvalue weighted by atomic mass is 10.0. The molecule has 0 fully saturated rings. The van der Waals surface area contributed by atoms with E-state index in [1.165, 1.54) is 44.9 Å². The molecular formula is C29H46NO6-. The molecule has 1 N–H and O–H groups in total. The van der Waals surface area contributed by atoms with Crippen LogP contribution in [-0.4, -0.2) is 30.2 Å². The van der Waals surface area contributed by atoms with Crippen LogP contribution in [0.1, 0.15) is 116 Å². The highest BCUT2D eigenvalue weighted by atomic mass is 16.6. The maximum atomic E-state index is 12.9. The van der Waals surface area contributed by atoms with E-state index in [-0.39, 0.29) is 25.6 Å². The summed E-state index contributed by atoms with van der Waals surface area (Å²) in [5, 5.41) is 13.5. The van der Waals surface area contributed by atoms with Crippen molar-refractivity contribution >= 4 is 18.0 Å². The molecule has 1 aromatic rings. The fourth-order valence-corrected chi connectivity index (χ4v) is 4.04. The number of nitrogens with one attached hydrogen (secondary N) is 1. The lowest BCUT2D eigenvalue weighted by Crippen LogP contribution is -2.44. The molecule has 1 amide bonds. The first kappa shape index (κ1) is 31.5. The number of aliphatic carboxylic acids is 1. The predicted molar refractivity (Wildman–Crippen MR) is 139 cm³/mol. The molecule has 7 nitrogen and oxygen atoms in total. The second-order valence-corrected chi connectivity index (χ2v) is 9.49. The van der Waals surface area contributed by atoms with Crippen LogP contribution in [0.4, 0.5) is 4.79 Å². The van der Waals surface area contributed by atoms with Crippen molar-refractivity contribution in [1.29, 1.82) is 0 Å². The summed E-state index contributed by atoms with van der Waals surface area (Å²) in [6, 6.07) is 8.07. The molecule has 0 heterocycles. The smallest absolute Gasteiger partial charge is 0.408 e. The summed E-state index contributed by atoms with van der Waals surface area (Å²) in [6.45, 7) is 4.36. The number of esters is 1. The molecule has 0 spiro atoms. The minimum Gasteiger partial charge on any atom is -0.550 e. The first-order chi connectivity index (χ1) is 17.5. The Morgan fingerprint density at radius 2 is 1.39 bits per heavy atom. The summed E-state index contributed by atoms with van der Waals surface area (Å²) in [5.74, 6) is -1.91. The Bertz CT molecular complexity index is 724. The van der Waals surface area contributed by atoms with Crippen LogP contribution in [0.15, 0.2) is 30.3 Å². The number of carbonyl (C=O) groups is 3. The zero-order valence-electron chi connectivity index (χ0n) is 22.3. The van der Waals surface area contributed by atoms with Crippen LogP contribution in [0, 0.1) is 0 Å². The quantitative estimate of drug-likeness (QED) is 0.167. The molecule has 1 rings (SSSR count). The van der Waals surface area contributed by atoms with Gasteiger partial charge in [0.15, 0.2) is 0 Å². The maximum absolute atomic E-state index is 12.9. The SMILES string of the molecule is CCCCCCCCCCCC(CCCC)OC(=O)C(CCC(=O)[O-])NC(=O)OCc1ccccc1. The van der Waals surface area contributed by atoms with Gasteiger partial charge in [-0.15, -0.1) is 0 Å². The number of ether oxygens (including phenoxy) is 2. The molecule has 0 aliphatic carbocycles. The number of unbranched alkanes of at least 4 members (excludes halogenated alkanes) is 9. The zero-order valence-corrected chi connectivity index (χ0v) is 22.3. The van der Waals surface area contributed by atoms with Gasteiger partial charge in [0, 0.05) is 5.97 Å². The highest BCUT2D eigenvalue weighted by Crippen LogP contribution is 2.17. The van der Waals surface area contributed by atoms with E-state index in [0.717, 1.165) is 44.1 Å². The van der Waals surface area contributed by atoms with Crippen LogP contribution in [0.3, 0.4) is 0 Å². The van der Waals surface area contributed by atoms with Gasteiger partial charge < -0.3 is 24.7 Å². The van der Waals surface area contributed by atoms with Gasteiger partial charge in [0.05, 0.1) is 0 Å². The number of carboxylic acid groups (broad SMARTS) is 1. The minimum absolute atomic E-state index is 0.0483. The number of benzene rings is 1. The van der Waals surface area contributed by atoms with Gasteiger partial charge in [-0.2, -0.15) is 0 Å². The normalized spacial score (nSPS) is 12.5. The highest BCUT2D eigenvalue weighted by molar-refractivity contribution is 5.82. The zero-order chi connectivity index (χ0) is 26.4. The Morgan fingerprint density at radius 1 is 0.806 bits per heavy atom. The van der Waals surface area contributed by atoms with Crippen molar-refractivity contribution in [1.82, 2.24) is 5.32 Å². The van der Waals surface area contributed by atoms with Crippen molar-refractivity contribution in [2.75, 3.05) is 0 Å². The van der Waals surface area contributed by atoms with Gasteiger partial charge in [-0.1, -0.05) is 108 Å². The van der Waals surface area contributed by atoms with Crippen LogP contribution in [-0.2, 0) is 25.7 Å². The molecule has 0 aliphatic heterocycles. The van der Waals surface area contributed by atoms with Gasteiger partial charge in [0.25, 0.3) is 0 Å². The van der Waals surface area contributed by atoms with Crippen molar-refractivity contribution in [2.24, 2.45) is 0 Å². The summed E-state index contributed by atoms with van der Waals surface area (Å²) in [5.41, 5.74) is 0.808. The third-order valence-electron chi connectivity index (χ3n) is 6.22. The molecule has 0 aliphatic rings. The third kappa shape index (κ3) is 16.2. The van der Waals surface area contributed by atoms with Crippen LogP contribution in [0.25, 0.3) is 0 Å². The van der Waals surface area contributed by atoms with E-state index in [9.17, 15) is 19.5 Å². The summed E-state index contributed by atoms with van der Waals surface area (Å²) >= 11 is 0. The first-order valence-electron chi connectivity index (χ1n) is 13.8. The van der Waals surface area contributed by atoms with Crippen molar-refractivity contribution in [3.05, 3.63) is 35.9 Å². The Labute approximate surface area is 217 Å². The Hall–Kier alpha value is -2.57. The number of carbonyl (C=O) groups excluding carboxylic acids is 3. The third-order valence-corrected chi connectivity index (χ3v) is 6.22. The van der Waals surface area contributed by atoms with Crippen molar-refractivity contribution < 1.29 is 29.0 Å². The Morgan fingerprint density at radius 3 is 2.00 bits per heavy atom. The second-order valence-electron chi connectivity index (χ2n) is 9.49. The molecule has 7 heteroatoms. The van der Waals surface area contributed by atoms with Crippen molar-refractivity contribution in [2.45, 2.75) is 129 Å². The molecule has 0 bridgehead atoms. The molecule has 2 atom stereocenters. The lowest BCUT2D eigenvalue weighted by Gasteiger charge is -2.23. The average molecular weight is 505 g/mol. The number of rotatable bonds is 21. The molecule has 0 saturated carbocycles. The molecular weight excluding hydrogens is 458 g/mol. The minimum atomic E-state index is -1.29. The van der Waals surface area contributed by atoms with Gasteiger partial charge in [-0.3, -0.25) is 0 Å².